The topological polar surface area (TPSA) is 90.0 Å². The van der Waals surface area contributed by atoms with E-state index in [2.05, 4.69) is 0 Å². The Morgan fingerprint density at radius 2 is 1.68 bits per heavy atom. The van der Waals surface area contributed by atoms with Crippen molar-refractivity contribution in [3.8, 4) is 11.5 Å². The normalized spacial score (nSPS) is 15.1. The van der Waals surface area contributed by atoms with E-state index in [9.17, 15) is 18.0 Å². The van der Waals surface area contributed by atoms with Gasteiger partial charge in [0, 0.05) is 0 Å². The number of rotatable bonds is 7. The molecule has 2 amide bonds. The predicted molar refractivity (Wildman–Crippen MR) is 130 cm³/mol. The number of hydrogen-bond donors (Lipinski definition) is 0. The summed E-state index contributed by atoms with van der Waals surface area (Å²) in [5, 5.41) is -0.354. The van der Waals surface area contributed by atoms with E-state index in [1.807, 2.05) is 31.2 Å². The van der Waals surface area contributed by atoms with Gasteiger partial charge in [-0.3, -0.25) is 14.5 Å². The Bertz CT molecular complexity index is 1380. The van der Waals surface area contributed by atoms with Gasteiger partial charge in [0.25, 0.3) is 11.1 Å². The Kier molecular flexibility index (Phi) is 6.76. The van der Waals surface area contributed by atoms with E-state index in [1.165, 1.54) is 48.4 Å². The molecule has 4 rings (SSSR count). The highest BCUT2D eigenvalue weighted by molar-refractivity contribution is 8.18. The van der Waals surface area contributed by atoms with Crippen molar-refractivity contribution in [3.63, 3.8) is 0 Å². The predicted octanol–water partition coefficient (Wildman–Crippen LogP) is 5.01. The highest BCUT2D eigenvalue weighted by atomic mass is 32.2. The molecule has 1 aliphatic rings. The van der Waals surface area contributed by atoms with Crippen LogP contribution in [0.1, 0.15) is 16.7 Å². The third-order valence-electron chi connectivity index (χ3n) is 5.01. The van der Waals surface area contributed by atoms with Crippen LogP contribution in [-0.4, -0.2) is 31.6 Å². The van der Waals surface area contributed by atoms with Crippen LogP contribution in [0.4, 0.5) is 4.79 Å². The molecule has 174 valence electrons. The molecule has 0 aliphatic carbocycles. The van der Waals surface area contributed by atoms with E-state index in [0.29, 0.717) is 11.3 Å². The number of ether oxygens (including phenoxy) is 1. The van der Waals surface area contributed by atoms with Crippen LogP contribution in [0.2, 0.25) is 0 Å². The fraction of sp³-hybridized carbons (Fsp3) is 0.120. The van der Waals surface area contributed by atoms with Crippen molar-refractivity contribution >= 4 is 39.1 Å². The van der Waals surface area contributed by atoms with Gasteiger partial charge in [0.15, 0.2) is 0 Å². The lowest BCUT2D eigenvalue weighted by molar-refractivity contribution is -0.123. The van der Waals surface area contributed by atoms with E-state index in [4.69, 9.17) is 8.92 Å². The molecule has 34 heavy (non-hydrogen) atoms. The van der Waals surface area contributed by atoms with Crippen LogP contribution in [0.15, 0.2) is 82.6 Å². The lowest BCUT2D eigenvalue weighted by Crippen LogP contribution is -2.27. The van der Waals surface area contributed by atoms with E-state index >= 15 is 0 Å². The lowest BCUT2D eigenvalue weighted by atomic mass is 10.1. The number of nitrogens with zero attached hydrogens (tertiary/aromatic N) is 1. The van der Waals surface area contributed by atoms with E-state index in [1.54, 1.807) is 18.2 Å². The van der Waals surface area contributed by atoms with E-state index in [-0.39, 0.29) is 27.3 Å². The molecule has 1 saturated heterocycles. The zero-order chi connectivity index (χ0) is 24.3. The van der Waals surface area contributed by atoms with Crippen LogP contribution >= 0.6 is 11.8 Å². The Balaban J connectivity index is 1.51. The Morgan fingerprint density at radius 1 is 0.941 bits per heavy atom. The SMILES string of the molecule is COc1ccc(S(=O)(=O)Oc2cccc(/C=C3\SC(=O)N(Cc4cccc(C)c4)C3=O)c2)cc1. The molecule has 0 bridgehead atoms. The van der Waals surface area contributed by atoms with Crippen LogP contribution in [0.5, 0.6) is 11.5 Å². The number of aryl methyl sites for hydroxylation is 1. The molecule has 3 aromatic rings. The largest absolute Gasteiger partial charge is 0.497 e. The molecule has 0 spiro atoms. The van der Waals surface area contributed by atoms with Crippen LogP contribution in [0, 0.1) is 6.92 Å². The van der Waals surface area contributed by atoms with Crippen molar-refractivity contribution in [1.29, 1.82) is 0 Å². The molecule has 1 heterocycles. The maximum absolute atomic E-state index is 12.8. The van der Waals surface area contributed by atoms with Crippen molar-refractivity contribution in [1.82, 2.24) is 4.90 Å². The molecule has 0 unspecified atom stereocenters. The number of benzene rings is 3. The maximum atomic E-state index is 12.8. The summed E-state index contributed by atoms with van der Waals surface area (Å²) in [6.45, 7) is 2.13. The quantitative estimate of drug-likeness (QED) is 0.336. The smallest absolute Gasteiger partial charge is 0.339 e. The Labute approximate surface area is 202 Å². The second-order valence-electron chi connectivity index (χ2n) is 7.54. The minimum atomic E-state index is -4.06. The number of imide groups is 1. The average molecular weight is 496 g/mol. The lowest BCUT2D eigenvalue weighted by Gasteiger charge is -2.12. The highest BCUT2D eigenvalue weighted by Crippen LogP contribution is 2.34. The summed E-state index contributed by atoms with van der Waals surface area (Å²) >= 11 is 0.847. The number of methoxy groups -OCH3 is 1. The molecule has 0 atom stereocenters. The van der Waals surface area contributed by atoms with Crippen molar-refractivity contribution in [2.75, 3.05) is 7.11 Å². The summed E-state index contributed by atoms with van der Waals surface area (Å²) < 4.78 is 35.5. The van der Waals surface area contributed by atoms with Gasteiger partial charge in [-0.05, 0) is 72.3 Å². The van der Waals surface area contributed by atoms with Crippen LogP contribution in [0.25, 0.3) is 6.08 Å². The van der Waals surface area contributed by atoms with Crippen molar-refractivity contribution in [2.45, 2.75) is 18.4 Å². The molecule has 0 radical (unpaired) electrons. The van der Waals surface area contributed by atoms with Gasteiger partial charge in [-0.15, -0.1) is 0 Å². The number of hydrogen-bond acceptors (Lipinski definition) is 7. The highest BCUT2D eigenvalue weighted by Gasteiger charge is 2.35. The minimum Gasteiger partial charge on any atom is -0.497 e. The number of carbonyl (C=O) groups is 2. The monoisotopic (exact) mass is 495 g/mol. The van der Waals surface area contributed by atoms with Gasteiger partial charge >= 0.3 is 10.1 Å². The Hall–Kier alpha value is -3.56. The second kappa shape index (κ2) is 9.74. The van der Waals surface area contributed by atoms with E-state index < -0.39 is 16.0 Å². The van der Waals surface area contributed by atoms with Gasteiger partial charge in [0.2, 0.25) is 0 Å². The molecule has 0 aromatic heterocycles. The molecule has 0 N–H and O–H groups in total. The van der Waals surface area contributed by atoms with Gasteiger partial charge in [0.1, 0.15) is 16.4 Å². The standard InChI is InChI=1S/C25H21NO6S2/c1-17-5-3-7-19(13-17)16-26-24(27)23(33-25(26)28)15-18-6-4-8-21(14-18)32-34(29,30)22-11-9-20(31-2)10-12-22/h3-15H,16H2,1-2H3/b23-15-. The molecule has 7 nitrogen and oxygen atoms in total. The fourth-order valence-electron chi connectivity index (χ4n) is 3.35. The zero-order valence-electron chi connectivity index (χ0n) is 18.4. The summed E-state index contributed by atoms with van der Waals surface area (Å²) in [5.41, 5.74) is 2.44. The number of carbonyl (C=O) groups excluding carboxylic acids is 2. The van der Waals surface area contributed by atoms with Gasteiger partial charge in [-0.1, -0.05) is 42.0 Å². The fourth-order valence-corrected chi connectivity index (χ4v) is 5.12. The minimum absolute atomic E-state index is 0.0176. The van der Waals surface area contributed by atoms with Gasteiger partial charge in [-0.2, -0.15) is 8.42 Å². The van der Waals surface area contributed by atoms with Gasteiger partial charge in [-0.25, -0.2) is 0 Å². The molecule has 1 fully saturated rings. The van der Waals surface area contributed by atoms with Crippen LogP contribution in [0.3, 0.4) is 0 Å². The molecule has 1 aliphatic heterocycles. The molecular weight excluding hydrogens is 474 g/mol. The van der Waals surface area contributed by atoms with Gasteiger partial charge in [0.05, 0.1) is 18.6 Å². The zero-order valence-corrected chi connectivity index (χ0v) is 20.1. The Morgan fingerprint density at radius 3 is 2.38 bits per heavy atom. The van der Waals surface area contributed by atoms with Crippen molar-refractivity contribution < 1.29 is 26.9 Å². The number of thioether (sulfide) groups is 1. The summed E-state index contributed by atoms with van der Waals surface area (Å²) in [6, 6.07) is 19.8. The number of amides is 2. The first kappa shape index (κ1) is 23.6. The molecule has 9 heteroatoms. The first-order chi connectivity index (χ1) is 16.2. The summed E-state index contributed by atoms with van der Waals surface area (Å²) in [6.07, 6.45) is 1.55. The first-order valence-corrected chi connectivity index (χ1v) is 12.5. The van der Waals surface area contributed by atoms with Crippen LogP contribution < -0.4 is 8.92 Å². The summed E-state index contributed by atoms with van der Waals surface area (Å²) in [4.78, 5) is 26.7. The molecule has 3 aromatic carbocycles. The van der Waals surface area contributed by atoms with Gasteiger partial charge < -0.3 is 8.92 Å². The van der Waals surface area contributed by atoms with Crippen molar-refractivity contribution in [2.24, 2.45) is 0 Å². The first-order valence-electron chi connectivity index (χ1n) is 10.2. The average Bonchev–Trinajstić information content (AvgIpc) is 3.06. The van der Waals surface area contributed by atoms with Crippen molar-refractivity contribution in [3.05, 3.63) is 94.4 Å². The maximum Gasteiger partial charge on any atom is 0.339 e. The third-order valence-corrected chi connectivity index (χ3v) is 7.18. The summed E-state index contributed by atoms with van der Waals surface area (Å²) in [7, 11) is -2.57. The molecular formula is C25H21NO6S2. The van der Waals surface area contributed by atoms with Crippen LogP contribution in [-0.2, 0) is 21.5 Å². The second-order valence-corrected chi connectivity index (χ2v) is 10.1. The summed E-state index contributed by atoms with van der Waals surface area (Å²) in [5.74, 6) is 0.217. The van der Waals surface area contributed by atoms with E-state index in [0.717, 1.165) is 22.9 Å². The molecule has 0 saturated carbocycles. The third kappa shape index (κ3) is 5.32.